The fourth-order valence-corrected chi connectivity index (χ4v) is 3.61. The lowest BCUT2D eigenvalue weighted by atomic mass is 9.85. The number of rotatable bonds is 8. The van der Waals surface area contributed by atoms with Crippen LogP contribution in [0.15, 0.2) is 22.7 Å². The van der Waals surface area contributed by atoms with Gasteiger partial charge in [0.1, 0.15) is 5.82 Å². The van der Waals surface area contributed by atoms with E-state index in [9.17, 15) is 9.18 Å². The molecule has 2 aliphatic carbocycles. The monoisotopic (exact) mass is 384 g/mol. The van der Waals surface area contributed by atoms with Gasteiger partial charge in [-0.3, -0.25) is 9.69 Å². The Hall–Kier alpha value is -0.980. The smallest absolute Gasteiger partial charge is 0.317 e. The summed E-state index contributed by atoms with van der Waals surface area (Å²) in [6.07, 6.45) is 4.45. The van der Waals surface area contributed by atoms with Gasteiger partial charge in [-0.2, -0.15) is 0 Å². The number of aliphatic carboxylic acids is 1. The number of carbonyl (C=O) groups is 1. The maximum Gasteiger partial charge on any atom is 0.317 e. The number of nitrogens with zero attached hydrogens (tertiary/aromatic N) is 1. The van der Waals surface area contributed by atoms with E-state index >= 15 is 0 Å². The number of hydrogen-bond donors (Lipinski definition) is 2. The number of halogens is 2. The quantitative estimate of drug-likeness (QED) is 0.723. The van der Waals surface area contributed by atoms with Crippen molar-refractivity contribution >= 4 is 21.9 Å². The maximum absolute atomic E-state index is 13.1. The zero-order valence-electron chi connectivity index (χ0n) is 13.0. The lowest BCUT2D eigenvalue weighted by molar-refractivity contribution is -0.139. The molecule has 2 fully saturated rings. The molecule has 126 valence electrons. The molecule has 2 aliphatic rings. The van der Waals surface area contributed by atoms with Gasteiger partial charge in [-0.1, -0.05) is 22.0 Å². The second-order valence-electron chi connectivity index (χ2n) is 6.71. The molecule has 0 heterocycles. The van der Waals surface area contributed by atoms with Gasteiger partial charge in [0.25, 0.3) is 0 Å². The molecule has 0 aromatic heterocycles. The average Bonchev–Trinajstić information content (AvgIpc) is 3.22. The molecule has 0 radical (unpaired) electrons. The second-order valence-corrected chi connectivity index (χ2v) is 7.56. The summed E-state index contributed by atoms with van der Waals surface area (Å²) in [5.74, 6) is -0.275. The van der Waals surface area contributed by atoms with Gasteiger partial charge in [0, 0.05) is 29.6 Å². The topological polar surface area (TPSA) is 52.6 Å². The largest absolute Gasteiger partial charge is 0.480 e. The van der Waals surface area contributed by atoms with Crippen molar-refractivity contribution in [1.82, 2.24) is 10.2 Å². The standard InChI is InChI=1S/C17H22BrFN2O2/c18-16-5-13(19)4-3-12(16)8-20-14-6-15(7-14)21(10-17(22)23)9-11-1-2-11/h3-5,11,14-15,20H,1-2,6-10H2,(H,22,23). The van der Waals surface area contributed by atoms with Crippen molar-refractivity contribution in [2.45, 2.75) is 44.3 Å². The molecule has 1 aromatic carbocycles. The highest BCUT2D eigenvalue weighted by Crippen LogP contribution is 2.34. The molecule has 2 saturated carbocycles. The molecule has 0 bridgehead atoms. The van der Waals surface area contributed by atoms with Crippen LogP contribution in [-0.2, 0) is 11.3 Å². The molecule has 4 nitrogen and oxygen atoms in total. The van der Waals surface area contributed by atoms with Crippen molar-refractivity contribution in [3.63, 3.8) is 0 Å². The van der Waals surface area contributed by atoms with Gasteiger partial charge in [0.2, 0.25) is 0 Å². The van der Waals surface area contributed by atoms with Gasteiger partial charge in [-0.15, -0.1) is 0 Å². The van der Waals surface area contributed by atoms with E-state index < -0.39 is 5.97 Å². The van der Waals surface area contributed by atoms with Crippen molar-refractivity contribution in [3.8, 4) is 0 Å². The van der Waals surface area contributed by atoms with E-state index in [0.717, 1.165) is 29.4 Å². The molecular weight excluding hydrogens is 363 g/mol. The molecule has 6 heteroatoms. The molecule has 0 spiro atoms. The Morgan fingerprint density at radius 3 is 2.74 bits per heavy atom. The lowest BCUT2D eigenvalue weighted by Crippen LogP contribution is -2.54. The van der Waals surface area contributed by atoms with Crippen LogP contribution in [0.2, 0.25) is 0 Å². The average molecular weight is 385 g/mol. The third kappa shape index (κ3) is 4.75. The molecule has 3 rings (SSSR count). The van der Waals surface area contributed by atoms with Crippen LogP contribution >= 0.6 is 15.9 Å². The van der Waals surface area contributed by atoms with Crippen LogP contribution < -0.4 is 5.32 Å². The molecule has 1 aromatic rings. The Balaban J connectivity index is 1.44. The van der Waals surface area contributed by atoms with Gasteiger partial charge in [0.05, 0.1) is 6.54 Å². The van der Waals surface area contributed by atoms with E-state index in [2.05, 4.69) is 26.1 Å². The van der Waals surface area contributed by atoms with Crippen molar-refractivity contribution in [2.24, 2.45) is 5.92 Å². The summed E-state index contributed by atoms with van der Waals surface area (Å²) < 4.78 is 13.9. The molecule has 0 aliphatic heterocycles. The van der Waals surface area contributed by atoms with Crippen LogP contribution in [0.3, 0.4) is 0 Å². The number of carboxylic acid groups (broad SMARTS) is 1. The summed E-state index contributed by atoms with van der Waals surface area (Å²) in [5, 5.41) is 12.5. The zero-order chi connectivity index (χ0) is 16.4. The Bertz CT molecular complexity index is 574. The fraction of sp³-hybridized carbons (Fsp3) is 0.588. The minimum Gasteiger partial charge on any atom is -0.480 e. The molecule has 2 N–H and O–H groups in total. The van der Waals surface area contributed by atoms with Gasteiger partial charge < -0.3 is 10.4 Å². The second kappa shape index (κ2) is 7.28. The minimum absolute atomic E-state index is 0.150. The molecule has 0 saturated heterocycles. The summed E-state index contributed by atoms with van der Waals surface area (Å²) in [7, 11) is 0. The van der Waals surface area contributed by atoms with E-state index in [4.69, 9.17) is 5.11 Å². The Morgan fingerprint density at radius 2 is 2.13 bits per heavy atom. The van der Waals surface area contributed by atoms with Gasteiger partial charge in [0.15, 0.2) is 0 Å². The molecule has 0 amide bonds. The minimum atomic E-state index is -0.739. The molecule has 0 unspecified atom stereocenters. The summed E-state index contributed by atoms with van der Waals surface area (Å²) in [4.78, 5) is 13.2. The first-order valence-corrected chi connectivity index (χ1v) is 8.93. The Labute approximate surface area is 144 Å². The highest BCUT2D eigenvalue weighted by atomic mass is 79.9. The van der Waals surface area contributed by atoms with Crippen molar-refractivity contribution in [2.75, 3.05) is 13.1 Å². The molecule has 23 heavy (non-hydrogen) atoms. The van der Waals surface area contributed by atoms with Gasteiger partial charge in [-0.25, -0.2) is 4.39 Å². The van der Waals surface area contributed by atoms with Crippen molar-refractivity contribution in [1.29, 1.82) is 0 Å². The van der Waals surface area contributed by atoms with Gasteiger partial charge in [-0.05, 0) is 49.3 Å². The van der Waals surface area contributed by atoms with E-state index in [0.29, 0.717) is 24.5 Å². The number of carboxylic acids is 1. The molecule has 0 atom stereocenters. The fourth-order valence-electron chi connectivity index (χ4n) is 3.12. The predicted molar refractivity (Wildman–Crippen MR) is 89.7 cm³/mol. The summed E-state index contributed by atoms with van der Waals surface area (Å²) in [6.45, 7) is 1.77. The Morgan fingerprint density at radius 1 is 1.39 bits per heavy atom. The highest BCUT2D eigenvalue weighted by molar-refractivity contribution is 9.10. The van der Waals surface area contributed by atoms with Crippen LogP contribution in [0.4, 0.5) is 4.39 Å². The van der Waals surface area contributed by atoms with Crippen LogP contribution in [-0.4, -0.2) is 41.1 Å². The van der Waals surface area contributed by atoms with E-state index in [1.807, 2.05) is 0 Å². The third-order valence-electron chi connectivity index (χ3n) is 4.75. The van der Waals surface area contributed by atoms with Crippen LogP contribution in [0, 0.1) is 11.7 Å². The van der Waals surface area contributed by atoms with E-state index in [1.165, 1.54) is 25.0 Å². The zero-order valence-corrected chi connectivity index (χ0v) is 14.6. The van der Waals surface area contributed by atoms with Gasteiger partial charge >= 0.3 is 5.97 Å². The predicted octanol–water partition coefficient (Wildman–Crippen LogP) is 3.01. The highest BCUT2D eigenvalue weighted by Gasteiger charge is 2.36. The number of hydrogen-bond acceptors (Lipinski definition) is 3. The molecular formula is C17H22BrFN2O2. The van der Waals surface area contributed by atoms with Crippen LogP contribution in [0.5, 0.6) is 0 Å². The number of nitrogens with one attached hydrogen (secondary N) is 1. The Kier molecular flexibility index (Phi) is 5.34. The third-order valence-corrected chi connectivity index (χ3v) is 5.49. The number of benzene rings is 1. The summed E-state index contributed by atoms with van der Waals surface area (Å²) >= 11 is 3.38. The van der Waals surface area contributed by atoms with Crippen molar-refractivity contribution in [3.05, 3.63) is 34.1 Å². The normalized spacial score (nSPS) is 23.8. The van der Waals surface area contributed by atoms with Crippen LogP contribution in [0.1, 0.15) is 31.2 Å². The first-order chi connectivity index (χ1) is 11.0. The lowest BCUT2D eigenvalue weighted by Gasteiger charge is -2.43. The van der Waals surface area contributed by atoms with Crippen LogP contribution in [0.25, 0.3) is 0 Å². The SMILES string of the molecule is O=C(O)CN(CC1CC1)C1CC(NCc2ccc(F)cc2Br)C1. The maximum atomic E-state index is 13.1. The summed E-state index contributed by atoms with van der Waals surface area (Å²) in [5.41, 5.74) is 1.04. The first-order valence-electron chi connectivity index (χ1n) is 8.14. The first kappa shape index (κ1) is 16.9. The summed E-state index contributed by atoms with van der Waals surface area (Å²) in [6, 6.07) is 5.51. The van der Waals surface area contributed by atoms with E-state index in [-0.39, 0.29) is 12.4 Å². The van der Waals surface area contributed by atoms with E-state index in [1.54, 1.807) is 6.07 Å². The van der Waals surface area contributed by atoms with Crippen molar-refractivity contribution < 1.29 is 14.3 Å².